The van der Waals surface area contributed by atoms with Crippen molar-refractivity contribution >= 4 is 0 Å². The Balaban J connectivity index is 0.000000291. The van der Waals surface area contributed by atoms with Crippen LogP contribution in [0.3, 0.4) is 0 Å². The Bertz CT molecular complexity index is 50.9. The van der Waals surface area contributed by atoms with Gasteiger partial charge in [0.15, 0.2) is 0 Å². The Morgan fingerprint density at radius 3 is 2.44 bits per heavy atom. The fourth-order valence-corrected chi connectivity index (χ4v) is 0.830. The molecular formula is C7H17NO. The van der Waals surface area contributed by atoms with Crippen LogP contribution in [-0.4, -0.2) is 19.3 Å². The molecule has 2 nitrogen and oxygen atoms in total. The molecule has 1 atom stereocenters. The van der Waals surface area contributed by atoms with Crippen molar-refractivity contribution in [3.05, 3.63) is 0 Å². The lowest BCUT2D eigenvalue weighted by atomic mass is 10.2. The minimum Gasteiger partial charge on any atom is -0.377 e. The van der Waals surface area contributed by atoms with E-state index >= 15 is 0 Å². The van der Waals surface area contributed by atoms with Crippen molar-refractivity contribution in [2.75, 3.05) is 13.2 Å². The van der Waals surface area contributed by atoms with Crippen LogP contribution in [0.15, 0.2) is 0 Å². The van der Waals surface area contributed by atoms with E-state index in [4.69, 9.17) is 10.5 Å². The Kier molecular flexibility index (Phi) is 5.99. The van der Waals surface area contributed by atoms with Gasteiger partial charge >= 0.3 is 0 Å². The van der Waals surface area contributed by atoms with Crippen LogP contribution in [0.4, 0.5) is 0 Å². The Morgan fingerprint density at radius 1 is 1.56 bits per heavy atom. The number of nitrogens with two attached hydrogens (primary N) is 1. The summed E-state index contributed by atoms with van der Waals surface area (Å²) in [6.45, 7) is 5.61. The van der Waals surface area contributed by atoms with Crippen LogP contribution in [0.1, 0.15) is 26.7 Å². The predicted octanol–water partition coefficient (Wildman–Crippen LogP) is 1.15. The zero-order valence-corrected chi connectivity index (χ0v) is 6.39. The first kappa shape index (κ1) is 8.92. The van der Waals surface area contributed by atoms with Gasteiger partial charge in [-0.1, -0.05) is 13.8 Å². The van der Waals surface area contributed by atoms with Gasteiger partial charge in [-0.25, -0.2) is 0 Å². The number of rotatable bonds is 1. The molecule has 9 heavy (non-hydrogen) atoms. The van der Waals surface area contributed by atoms with Crippen molar-refractivity contribution < 1.29 is 4.74 Å². The molecule has 0 aromatic rings. The lowest BCUT2D eigenvalue weighted by molar-refractivity contribution is 0.117. The number of hydrogen-bond acceptors (Lipinski definition) is 2. The van der Waals surface area contributed by atoms with E-state index in [1.807, 2.05) is 13.8 Å². The molecule has 0 amide bonds. The van der Waals surface area contributed by atoms with Crippen LogP contribution in [0, 0.1) is 0 Å². The largest absolute Gasteiger partial charge is 0.377 e. The van der Waals surface area contributed by atoms with E-state index < -0.39 is 0 Å². The number of hydrogen-bond donors (Lipinski definition) is 1. The first-order chi connectivity index (χ1) is 4.43. The fraction of sp³-hybridized carbons (Fsp3) is 1.00. The monoisotopic (exact) mass is 131 g/mol. The second-order valence-corrected chi connectivity index (χ2v) is 1.87. The van der Waals surface area contributed by atoms with E-state index in [-0.39, 0.29) is 0 Å². The van der Waals surface area contributed by atoms with Crippen molar-refractivity contribution in [3.8, 4) is 0 Å². The normalized spacial score (nSPS) is 25.0. The molecule has 1 saturated heterocycles. The smallest absolute Gasteiger partial charge is 0.0698 e. The molecule has 0 aromatic heterocycles. The number of ether oxygens (including phenoxy) is 1. The average Bonchev–Trinajstić information content (AvgIpc) is 2.43. The zero-order valence-electron chi connectivity index (χ0n) is 6.39. The maximum absolute atomic E-state index is 5.31. The second-order valence-electron chi connectivity index (χ2n) is 1.87. The highest BCUT2D eigenvalue weighted by Gasteiger charge is 2.11. The van der Waals surface area contributed by atoms with Crippen molar-refractivity contribution in [3.63, 3.8) is 0 Å². The van der Waals surface area contributed by atoms with E-state index in [0.29, 0.717) is 12.6 Å². The molecule has 1 rings (SSSR count). The summed E-state index contributed by atoms with van der Waals surface area (Å²) in [4.78, 5) is 0. The molecule has 0 spiro atoms. The molecule has 0 aromatic carbocycles. The minimum absolute atomic E-state index is 0.375. The minimum atomic E-state index is 0.375. The molecule has 1 aliphatic rings. The summed E-state index contributed by atoms with van der Waals surface area (Å²) < 4.78 is 5.18. The standard InChI is InChI=1S/C5H11NO.C2H6/c6-4-5-2-1-3-7-5;1-2/h5H,1-4,6H2;1-2H3. The van der Waals surface area contributed by atoms with E-state index in [2.05, 4.69) is 0 Å². The average molecular weight is 131 g/mol. The molecule has 1 unspecified atom stereocenters. The molecule has 1 aliphatic heterocycles. The van der Waals surface area contributed by atoms with Gasteiger partial charge in [0.1, 0.15) is 0 Å². The maximum atomic E-state index is 5.31. The predicted molar refractivity (Wildman–Crippen MR) is 39.4 cm³/mol. The Labute approximate surface area is 57.4 Å². The molecule has 0 saturated carbocycles. The zero-order chi connectivity index (χ0) is 7.11. The van der Waals surface area contributed by atoms with E-state index in [1.54, 1.807) is 0 Å². The lowest BCUT2D eigenvalue weighted by Crippen LogP contribution is -2.17. The van der Waals surface area contributed by atoms with Gasteiger partial charge in [0.25, 0.3) is 0 Å². The summed E-state index contributed by atoms with van der Waals surface area (Å²) in [6, 6.07) is 0. The first-order valence-electron chi connectivity index (χ1n) is 3.75. The molecule has 1 heterocycles. The Hall–Kier alpha value is -0.0800. The van der Waals surface area contributed by atoms with Crippen LogP contribution in [0.25, 0.3) is 0 Å². The summed E-state index contributed by atoms with van der Waals surface area (Å²) in [6.07, 6.45) is 2.73. The third kappa shape index (κ3) is 3.49. The highest BCUT2D eigenvalue weighted by atomic mass is 16.5. The molecule has 2 heteroatoms. The van der Waals surface area contributed by atoms with E-state index in [1.165, 1.54) is 6.42 Å². The second kappa shape index (κ2) is 6.05. The van der Waals surface area contributed by atoms with Gasteiger partial charge in [-0.3, -0.25) is 0 Å². The molecule has 56 valence electrons. The van der Waals surface area contributed by atoms with Crippen LogP contribution < -0.4 is 5.73 Å². The molecule has 1 fully saturated rings. The van der Waals surface area contributed by atoms with Gasteiger partial charge in [-0.2, -0.15) is 0 Å². The van der Waals surface area contributed by atoms with Gasteiger partial charge in [-0.15, -0.1) is 0 Å². The molecule has 2 N–H and O–H groups in total. The van der Waals surface area contributed by atoms with Crippen molar-refractivity contribution in [2.24, 2.45) is 5.73 Å². The molecular weight excluding hydrogens is 114 g/mol. The lowest BCUT2D eigenvalue weighted by Gasteiger charge is -2.01. The third-order valence-corrected chi connectivity index (χ3v) is 1.29. The van der Waals surface area contributed by atoms with E-state index in [9.17, 15) is 0 Å². The van der Waals surface area contributed by atoms with Crippen molar-refractivity contribution in [1.29, 1.82) is 0 Å². The summed E-state index contributed by atoms with van der Waals surface area (Å²) in [5, 5.41) is 0. The summed E-state index contributed by atoms with van der Waals surface area (Å²) in [5.41, 5.74) is 5.31. The Morgan fingerprint density at radius 2 is 2.22 bits per heavy atom. The highest BCUT2D eigenvalue weighted by molar-refractivity contribution is 4.63. The molecule has 0 aliphatic carbocycles. The van der Waals surface area contributed by atoms with Gasteiger partial charge < -0.3 is 10.5 Å². The van der Waals surface area contributed by atoms with Crippen molar-refractivity contribution in [2.45, 2.75) is 32.8 Å². The van der Waals surface area contributed by atoms with Crippen LogP contribution >= 0.6 is 0 Å². The SMILES string of the molecule is CC.NCC1CCCO1. The molecule has 0 radical (unpaired) electrons. The van der Waals surface area contributed by atoms with Crippen molar-refractivity contribution in [1.82, 2.24) is 0 Å². The first-order valence-corrected chi connectivity index (χ1v) is 3.75. The maximum Gasteiger partial charge on any atom is 0.0698 e. The summed E-state index contributed by atoms with van der Waals surface area (Å²) in [5.74, 6) is 0. The van der Waals surface area contributed by atoms with Crippen LogP contribution in [-0.2, 0) is 4.74 Å². The summed E-state index contributed by atoms with van der Waals surface area (Å²) in [7, 11) is 0. The third-order valence-electron chi connectivity index (χ3n) is 1.29. The quantitative estimate of drug-likeness (QED) is 0.579. The van der Waals surface area contributed by atoms with E-state index in [0.717, 1.165) is 13.0 Å². The topological polar surface area (TPSA) is 35.2 Å². The van der Waals surface area contributed by atoms with Gasteiger partial charge in [0.2, 0.25) is 0 Å². The van der Waals surface area contributed by atoms with Crippen LogP contribution in [0.5, 0.6) is 0 Å². The van der Waals surface area contributed by atoms with Gasteiger partial charge in [0, 0.05) is 13.2 Å². The summed E-state index contributed by atoms with van der Waals surface area (Å²) >= 11 is 0. The van der Waals surface area contributed by atoms with Crippen LogP contribution in [0.2, 0.25) is 0 Å². The van der Waals surface area contributed by atoms with Gasteiger partial charge in [0.05, 0.1) is 6.10 Å². The fourth-order valence-electron chi connectivity index (χ4n) is 0.830. The van der Waals surface area contributed by atoms with Gasteiger partial charge in [-0.05, 0) is 12.8 Å². The highest BCUT2D eigenvalue weighted by Crippen LogP contribution is 2.09. The molecule has 0 bridgehead atoms.